The van der Waals surface area contributed by atoms with Gasteiger partial charge in [0.1, 0.15) is 15.6 Å². The van der Waals surface area contributed by atoms with Crippen molar-refractivity contribution >= 4 is 28.6 Å². The number of hydrogen-bond acceptors (Lipinski definition) is 6. The van der Waals surface area contributed by atoms with Crippen LogP contribution in [0.1, 0.15) is 21.1 Å². The molecule has 1 saturated heterocycles. The standard InChI is InChI=1S/C18H19N3O2S2/c1-13-16(25-17(19-13)14-4-10-24-12-14)18(22)21-7-5-20(6-8-21)11-15-3-2-9-23-15/h2-4,9-10,12H,5-8,11H2,1H3. The molecule has 3 aromatic rings. The fourth-order valence-corrected chi connectivity index (χ4v) is 4.73. The van der Waals surface area contributed by atoms with E-state index in [1.165, 1.54) is 11.3 Å². The number of thiazole rings is 1. The Hall–Kier alpha value is -1.96. The fourth-order valence-electron chi connectivity index (χ4n) is 2.98. The number of hydrogen-bond donors (Lipinski definition) is 0. The number of aromatic nitrogens is 1. The summed E-state index contributed by atoms with van der Waals surface area (Å²) in [5, 5.41) is 5.03. The quantitative estimate of drug-likeness (QED) is 0.699. The second-order valence-corrected chi connectivity index (χ2v) is 7.87. The van der Waals surface area contributed by atoms with E-state index in [9.17, 15) is 4.79 Å². The van der Waals surface area contributed by atoms with E-state index >= 15 is 0 Å². The minimum atomic E-state index is 0.106. The number of piperazine rings is 1. The molecule has 5 nitrogen and oxygen atoms in total. The van der Waals surface area contributed by atoms with Crippen molar-refractivity contribution in [2.45, 2.75) is 13.5 Å². The van der Waals surface area contributed by atoms with Crippen LogP contribution in [-0.4, -0.2) is 46.9 Å². The molecular formula is C18H19N3O2S2. The van der Waals surface area contributed by atoms with Crippen molar-refractivity contribution < 1.29 is 9.21 Å². The SMILES string of the molecule is Cc1nc(-c2ccsc2)sc1C(=O)N1CCN(Cc2ccco2)CC1. The van der Waals surface area contributed by atoms with E-state index in [0.717, 1.165) is 59.6 Å². The normalized spacial score (nSPS) is 15.6. The van der Waals surface area contributed by atoms with Gasteiger partial charge in [-0.15, -0.1) is 11.3 Å². The molecule has 4 heterocycles. The summed E-state index contributed by atoms with van der Waals surface area (Å²) in [5.74, 6) is 1.08. The zero-order chi connectivity index (χ0) is 17.2. The molecule has 1 aliphatic rings. The molecule has 0 unspecified atom stereocenters. The first-order valence-electron chi connectivity index (χ1n) is 8.25. The first-order valence-corrected chi connectivity index (χ1v) is 10.0. The highest BCUT2D eigenvalue weighted by Crippen LogP contribution is 2.30. The van der Waals surface area contributed by atoms with Crippen molar-refractivity contribution in [3.8, 4) is 10.6 Å². The molecule has 0 spiro atoms. The Morgan fingerprint density at radius 3 is 2.80 bits per heavy atom. The van der Waals surface area contributed by atoms with E-state index in [2.05, 4.69) is 15.3 Å². The van der Waals surface area contributed by atoms with Gasteiger partial charge >= 0.3 is 0 Å². The van der Waals surface area contributed by atoms with Gasteiger partial charge in [-0.05, 0) is 30.5 Å². The zero-order valence-corrected chi connectivity index (χ0v) is 15.6. The summed E-state index contributed by atoms with van der Waals surface area (Å²) < 4.78 is 5.41. The van der Waals surface area contributed by atoms with Gasteiger partial charge in [-0.3, -0.25) is 9.69 Å². The van der Waals surface area contributed by atoms with Crippen LogP contribution in [0.3, 0.4) is 0 Å². The van der Waals surface area contributed by atoms with E-state index < -0.39 is 0 Å². The van der Waals surface area contributed by atoms with Crippen molar-refractivity contribution in [2.75, 3.05) is 26.2 Å². The molecular weight excluding hydrogens is 354 g/mol. The molecule has 0 bridgehead atoms. The van der Waals surface area contributed by atoms with Crippen molar-refractivity contribution in [3.05, 3.63) is 51.6 Å². The largest absolute Gasteiger partial charge is 0.468 e. The lowest BCUT2D eigenvalue weighted by molar-refractivity contribution is 0.0624. The number of amides is 1. The van der Waals surface area contributed by atoms with Gasteiger partial charge in [-0.2, -0.15) is 11.3 Å². The number of furan rings is 1. The molecule has 1 aliphatic heterocycles. The van der Waals surface area contributed by atoms with Gasteiger partial charge in [0.25, 0.3) is 5.91 Å². The molecule has 0 saturated carbocycles. The minimum absolute atomic E-state index is 0.106. The van der Waals surface area contributed by atoms with Crippen LogP contribution in [0.2, 0.25) is 0 Å². The number of carbonyl (C=O) groups excluding carboxylic acids is 1. The van der Waals surface area contributed by atoms with Crippen LogP contribution in [0, 0.1) is 6.92 Å². The molecule has 0 atom stereocenters. The molecule has 0 aliphatic carbocycles. The molecule has 0 aromatic carbocycles. The van der Waals surface area contributed by atoms with Crippen LogP contribution in [0.4, 0.5) is 0 Å². The van der Waals surface area contributed by atoms with E-state index in [4.69, 9.17) is 4.42 Å². The van der Waals surface area contributed by atoms with E-state index in [0.29, 0.717) is 0 Å². The van der Waals surface area contributed by atoms with Gasteiger partial charge in [0.05, 0.1) is 18.5 Å². The average molecular weight is 374 g/mol. The predicted molar refractivity (Wildman–Crippen MR) is 100 cm³/mol. The third-order valence-electron chi connectivity index (χ3n) is 4.38. The number of thiophene rings is 1. The number of carbonyl (C=O) groups is 1. The molecule has 0 radical (unpaired) electrons. The smallest absolute Gasteiger partial charge is 0.265 e. The van der Waals surface area contributed by atoms with E-state index in [1.807, 2.05) is 35.4 Å². The number of aryl methyl sites for hydroxylation is 1. The van der Waals surface area contributed by atoms with Gasteiger partial charge in [-0.1, -0.05) is 0 Å². The maximum atomic E-state index is 12.9. The summed E-state index contributed by atoms with van der Waals surface area (Å²) >= 11 is 3.14. The lowest BCUT2D eigenvalue weighted by Gasteiger charge is -2.34. The van der Waals surface area contributed by atoms with Crippen molar-refractivity contribution in [1.29, 1.82) is 0 Å². The van der Waals surface area contributed by atoms with Crippen LogP contribution in [0.25, 0.3) is 10.6 Å². The fraction of sp³-hybridized carbons (Fsp3) is 0.333. The second-order valence-electron chi connectivity index (χ2n) is 6.09. The van der Waals surface area contributed by atoms with Crippen LogP contribution >= 0.6 is 22.7 Å². The zero-order valence-electron chi connectivity index (χ0n) is 14.0. The van der Waals surface area contributed by atoms with Crippen LogP contribution in [0.15, 0.2) is 39.6 Å². The van der Waals surface area contributed by atoms with Crippen molar-refractivity contribution in [3.63, 3.8) is 0 Å². The Balaban J connectivity index is 1.40. The Morgan fingerprint density at radius 2 is 2.12 bits per heavy atom. The maximum Gasteiger partial charge on any atom is 0.265 e. The maximum absolute atomic E-state index is 12.9. The summed E-state index contributed by atoms with van der Waals surface area (Å²) in [7, 11) is 0. The van der Waals surface area contributed by atoms with E-state index in [-0.39, 0.29) is 5.91 Å². The van der Waals surface area contributed by atoms with Crippen LogP contribution in [0.5, 0.6) is 0 Å². The Kier molecular flexibility index (Phi) is 4.70. The molecule has 4 rings (SSSR count). The van der Waals surface area contributed by atoms with Crippen LogP contribution in [-0.2, 0) is 6.54 Å². The number of nitrogens with zero attached hydrogens (tertiary/aromatic N) is 3. The highest BCUT2D eigenvalue weighted by Gasteiger charge is 2.26. The molecule has 3 aromatic heterocycles. The third-order valence-corrected chi connectivity index (χ3v) is 6.26. The van der Waals surface area contributed by atoms with Gasteiger partial charge in [-0.25, -0.2) is 4.98 Å². The lowest BCUT2D eigenvalue weighted by atomic mass is 10.2. The Labute approximate surface area is 154 Å². The summed E-state index contributed by atoms with van der Waals surface area (Å²) in [6.07, 6.45) is 1.70. The third kappa shape index (κ3) is 3.53. The first kappa shape index (κ1) is 16.5. The molecule has 130 valence electrons. The van der Waals surface area contributed by atoms with E-state index in [1.54, 1.807) is 17.6 Å². The average Bonchev–Trinajstić information content (AvgIpc) is 3.36. The van der Waals surface area contributed by atoms with Crippen molar-refractivity contribution in [2.24, 2.45) is 0 Å². The summed E-state index contributed by atoms with van der Waals surface area (Å²) in [5.41, 5.74) is 1.93. The minimum Gasteiger partial charge on any atom is -0.468 e. The highest BCUT2D eigenvalue weighted by atomic mass is 32.1. The summed E-state index contributed by atoms with van der Waals surface area (Å²) in [4.78, 5) is 22.5. The Bertz CT molecular complexity index is 832. The lowest BCUT2D eigenvalue weighted by Crippen LogP contribution is -2.48. The van der Waals surface area contributed by atoms with Gasteiger partial charge in [0.15, 0.2) is 0 Å². The van der Waals surface area contributed by atoms with Crippen LogP contribution < -0.4 is 0 Å². The van der Waals surface area contributed by atoms with Crippen molar-refractivity contribution in [1.82, 2.24) is 14.8 Å². The molecule has 7 heteroatoms. The van der Waals surface area contributed by atoms with Gasteiger partial charge < -0.3 is 9.32 Å². The second kappa shape index (κ2) is 7.11. The predicted octanol–water partition coefficient (Wildman–Crippen LogP) is 3.73. The van der Waals surface area contributed by atoms with Gasteiger partial charge in [0.2, 0.25) is 0 Å². The van der Waals surface area contributed by atoms with Gasteiger partial charge in [0, 0.05) is 37.1 Å². The number of rotatable bonds is 4. The Morgan fingerprint density at radius 1 is 1.28 bits per heavy atom. The topological polar surface area (TPSA) is 49.6 Å². The summed E-state index contributed by atoms with van der Waals surface area (Å²) in [6.45, 7) is 5.93. The summed E-state index contributed by atoms with van der Waals surface area (Å²) in [6, 6.07) is 5.95. The molecule has 25 heavy (non-hydrogen) atoms. The first-order chi connectivity index (χ1) is 12.2. The molecule has 1 fully saturated rings. The molecule has 0 N–H and O–H groups in total. The molecule has 1 amide bonds. The monoisotopic (exact) mass is 373 g/mol. The highest BCUT2D eigenvalue weighted by molar-refractivity contribution is 7.17.